The number of piperidine rings is 1. The fourth-order valence-electron chi connectivity index (χ4n) is 2.79. The predicted octanol–water partition coefficient (Wildman–Crippen LogP) is 2.11. The van der Waals surface area contributed by atoms with Gasteiger partial charge in [0, 0.05) is 25.2 Å². The Morgan fingerprint density at radius 1 is 1.29 bits per heavy atom. The van der Waals surface area contributed by atoms with Crippen LogP contribution >= 0.6 is 0 Å². The van der Waals surface area contributed by atoms with Crippen LogP contribution in [0, 0.1) is 5.92 Å². The average molecular weight is 320 g/mol. The molecule has 1 fully saturated rings. The van der Waals surface area contributed by atoms with Gasteiger partial charge in [-0.3, -0.25) is 0 Å². The third-order valence-electron chi connectivity index (χ3n) is 4.08. The second-order valence-corrected chi connectivity index (χ2v) is 8.15. The lowest BCUT2D eigenvalue weighted by atomic mass is 9.99. The van der Waals surface area contributed by atoms with Crippen LogP contribution in [0.25, 0.3) is 0 Å². The van der Waals surface area contributed by atoms with Crippen LogP contribution in [0.4, 0.5) is 0 Å². The van der Waals surface area contributed by atoms with Gasteiger partial charge in [0.15, 0.2) is 0 Å². The Labute approximate surface area is 131 Å². The summed E-state index contributed by atoms with van der Waals surface area (Å²) in [6.07, 6.45) is 4.82. The lowest BCUT2D eigenvalue weighted by Gasteiger charge is -2.33. The maximum Gasteiger partial charge on any atom is 0.279 e. The molecule has 0 spiro atoms. The Morgan fingerprint density at radius 2 is 2.00 bits per heavy atom. The van der Waals surface area contributed by atoms with Crippen LogP contribution in [-0.4, -0.2) is 44.4 Å². The lowest BCUT2D eigenvalue weighted by Crippen LogP contribution is -2.50. The molecule has 1 saturated heterocycles. The highest BCUT2D eigenvalue weighted by Gasteiger charge is 2.29. The predicted molar refractivity (Wildman–Crippen MR) is 88.5 cm³/mol. The molecular formula is C15H33N3O2S. The summed E-state index contributed by atoms with van der Waals surface area (Å²) >= 11 is 0. The van der Waals surface area contributed by atoms with Gasteiger partial charge in [-0.05, 0) is 38.1 Å². The van der Waals surface area contributed by atoms with E-state index in [1.807, 2.05) is 6.92 Å². The summed E-state index contributed by atoms with van der Waals surface area (Å²) in [5.74, 6) is 0.420. The van der Waals surface area contributed by atoms with Crippen LogP contribution in [0.1, 0.15) is 59.8 Å². The molecule has 0 amide bonds. The van der Waals surface area contributed by atoms with Crippen molar-refractivity contribution in [2.24, 2.45) is 5.92 Å². The largest absolute Gasteiger partial charge is 0.314 e. The molecule has 5 nitrogen and oxygen atoms in total. The van der Waals surface area contributed by atoms with E-state index in [9.17, 15) is 8.42 Å². The van der Waals surface area contributed by atoms with Crippen molar-refractivity contribution < 1.29 is 8.42 Å². The maximum absolute atomic E-state index is 12.5. The first kappa shape index (κ1) is 18.9. The monoisotopic (exact) mass is 319 g/mol. The van der Waals surface area contributed by atoms with E-state index in [4.69, 9.17) is 0 Å². The quantitative estimate of drug-likeness (QED) is 0.684. The molecule has 21 heavy (non-hydrogen) atoms. The maximum atomic E-state index is 12.5. The van der Waals surface area contributed by atoms with Crippen LogP contribution in [0.15, 0.2) is 0 Å². The topological polar surface area (TPSA) is 61.4 Å². The molecule has 0 aromatic heterocycles. The van der Waals surface area contributed by atoms with Crippen LogP contribution < -0.4 is 10.0 Å². The molecule has 126 valence electrons. The van der Waals surface area contributed by atoms with E-state index < -0.39 is 10.2 Å². The number of hydrogen-bond donors (Lipinski definition) is 2. The highest BCUT2D eigenvalue weighted by Crippen LogP contribution is 2.19. The number of nitrogens with zero attached hydrogens (tertiary/aromatic N) is 1. The summed E-state index contributed by atoms with van der Waals surface area (Å²) in [4.78, 5) is 0. The fraction of sp³-hybridized carbons (Fsp3) is 1.00. The van der Waals surface area contributed by atoms with E-state index in [0.29, 0.717) is 25.0 Å². The SMILES string of the molecule is CCCC(CC)NS(=O)(=O)N1CCCC(CNC(C)C)C1. The molecule has 2 atom stereocenters. The first-order valence-corrected chi connectivity index (χ1v) is 9.83. The minimum atomic E-state index is -3.33. The summed E-state index contributed by atoms with van der Waals surface area (Å²) in [5.41, 5.74) is 0. The van der Waals surface area contributed by atoms with Gasteiger partial charge in [0.1, 0.15) is 0 Å². The third-order valence-corrected chi connectivity index (χ3v) is 5.72. The smallest absolute Gasteiger partial charge is 0.279 e. The summed E-state index contributed by atoms with van der Waals surface area (Å²) in [6, 6.07) is 0.512. The van der Waals surface area contributed by atoms with Crippen LogP contribution in [0.2, 0.25) is 0 Å². The van der Waals surface area contributed by atoms with Crippen molar-refractivity contribution in [3.63, 3.8) is 0 Å². The van der Waals surface area contributed by atoms with Crippen molar-refractivity contribution in [1.82, 2.24) is 14.3 Å². The zero-order chi connectivity index (χ0) is 15.9. The van der Waals surface area contributed by atoms with Crippen LogP contribution in [0.5, 0.6) is 0 Å². The number of rotatable bonds is 9. The van der Waals surface area contributed by atoms with Crippen molar-refractivity contribution in [3.05, 3.63) is 0 Å². The van der Waals surface area contributed by atoms with Crippen molar-refractivity contribution in [2.45, 2.75) is 71.9 Å². The van der Waals surface area contributed by atoms with Gasteiger partial charge in [-0.15, -0.1) is 0 Å². The Morgan fingerprint density at radius 3 is 2.57 bits per heavy atom. The van der Waals surface area contributed by atoms with Crippen LogP contribution in [0.3, 0.4) is 0 Å². The molecule has 1 aliphatic heterocycles. The van der Waals surface area contributed by atoms with E-state index in [2.05, 4.69) is 30.8 Å². The second-order valence-electron chi connectivity index (χ2n) is 6.45. The summed E-state index contributed by atoms with van der Waals surface area (Å²) in [6.45, 7) is 10.5. The normalized spacial score (nSPS) is 22.6. The van der Waals surface area contributed by atoms with Gasteiger partial charge in [0.2, 0.25) is 0 Å². The molecule has 2 N–H and O–H groups in total. The molecule has 0 aliphatic carbocycles. The standard InChI is InChI=1S/C15H33N3O2S/c1-5-8-15(6-2)17-21(19,20)18-10-7-9-14(12-18)11-16-13(3)4/h13-17H,5-12H2,1-4H3. The minimum absolute atomic E-state index is 0.0640. The van der Waals surface area contributed by atoms with E-state index >= 15 is 0 Å². The molecular weight excluding hydrogens is 286 g/mol. The van der Waals surface area contributed by atoms with Gasteiger partial charge in [-0.2, -0.15) is 17.4 Å². The minimum Gasteiger partial charge on any atom is -0.314 e. The average Bonchev–Trinajstić information content (AvgIpc) is 2.44. The fourth-order valence-corrected chi connectivity index (χ4v) is 4.43. The molecule has 2 unspecified atom stereocenters. The number of hydrogen-bond acceptors (Lipinski definition) is 3. The van der Waals surface area contributed by atoms with Gasteiger partial charge in [-0.1, -0.05) is 34.1 Å². The molecule has 0 radical (unpaired) electrons. The molecule has 0 aromatic rings. The highest BCUT2D eigenvalue weighted by molar-refractivity contribution is 7.87. The third kappa shape index (κ3) is 6.63. The van der Waals surface area contributed by atoms with Crippen molar-refractivity contribution in [2.75, 3.05) is 19.6 Å². The first-order valence-electron chi connectivity index (χ1n) is 8.39. The highest BCUT2D eigenvalue weighted by atomic mass is 32.2. The molecule has 1 rings (SSSR count). The van der Waals surface area contributed by atoms with Gasteiger partial charge >= 0.3 is 0 Å². The van der Waals surface area contributed by atoms with Crippen molar-refractivity contribution in [1.29, 1.82) is 0 Å². The van der Waals surface area contributed by atoms with Gasteiger partial charge in [-0.25, -0.2) is 0 Å². The Kier molecular flexibility index (Phi) is 8.16. The zero-order valence-electron chi connectivity index (χ0n) is 14.1. The Hall–Kier alpha value is -0.170. The van der Waals surface area contributed by atoms with E-state index in [1.165, 1.54) is 0 Å². The molecule has 6 heteroatoms. The van der Waals surface area contributed by atoms with Crippen LogP contribution in [-0.2, 0) is 10.2 Å². The second kappa shape index (κ2) is 9.08. The Balaban J connectivity index is 2.57. The number of nitrogens with one attached hydrogen (secondary N) is 2. The molecule has 0 saturated carbocycles. The van der Waals surface area contributed by atoms with E-state index in [-0.39, 0.29) is 6.04 Å². The molecule has 0 bridgehead atoms. The van der Waals surface area contributed by atoms with E-state index in [1.54, 1.807) is 4.31 Å². The lowest BCUT2D eigenvalue weighted by molar-refractivity contribution is 0.252. The van der Waals surface area contributed by atoms with Gasteiger partial charge < -0.3 is 5.32 Å². The van der Waals surface area contributed by atoms with Crippen molar-refractivity contribution >= 4 is 10.2 Å². The summed E-state index contributed by atoms with van der Waals surface area (Å²) in [5, 5.41) is 3.42. The molecule has 1 heterocycles. The van der Waals surface area contributed by atoms with E-state index in [0.717, 1.165) is 38.6 Å². The van der Waals surface area contributed by atoms with Crippen molar-refractivity contribution in [3.8, 4) is 0 Å². The summed E-state index contributed by atoms with van der Waals surface area (Å²) in [7, 11) is -3.33. The summed E-state index contributed by atoms with van der Waals surface area (Å²) < 4.78 is 29.5. The molecule has 0 aromatic carbocycles. The van der Waals surface area contributed by atoms with Gasteiger partial charge in [0.05, 0.1) is 0 Å². The zero-order valence-corrected chi connectivity index (χ0v) is 14.9. The first-order chi connectivity index (χ1) is 9.89. The Bertz CT molecular complexity index is 384. The van der Waals surface area contributed by atoms with Gasteiger partial charge in [0.25, 0.3) is 10.2 Å². The molecule has 1 aliphatic rings.